The van der Waals surface area contributed by atoms with Crippen molar-refractivity contribution in [2.75, 3.05) is 13.7 Å². The van der Waals surface area contributed by atoms with Gasteiger partial charge in [0.2, 0.25) is 5.91 Å². The molecule has 2 amide bonds. The normalized spacial score (nSPS) is 11.6. The minimum atomic E-state index is -0.721. The Kier molecular flexibility index (Phi) is 8.43. The van der Waals surface area contributed by atoms with E-state index < -0.39 is 6.04 Å². The molecule has 28 heavy (non-hydrogen) atoms. The van der Waals surface area contributed by atoms with Crippen LogP contribution >= 0.6 is 50.7 Å². The average molecular weight is 509 g/mol. The molecule has 150 valence electrons. The molecule has 1 atom stereocenters. The Labute approximate surface area is 187 Å². The summed E-state index contributed by atoms with van der Waals surface area (Å²) in [5.74, 6) is -0.204. The molecule has 1 N–H and O–H groups in total. The first kappa shape index (κ1) is 22.8. The number of nitrogens with zero attached hydrogens (tertiary/aromatic N) is 1. The molecule has 0 aromatic heterocycles. The van der Waals surface area contributed by atoms with Crippen LogP contribution in [-0.2, 0) is 16.1 Å². The Hall–Kier alpha value is -1.47. The number of nitrogens with one attached hydrogen (secondary N) is 1. The van der Waals surface area contributed by atoms with Gasteiger partial charge in [0.25, 0.3) is 5.91 Å². The largest absolute Gasteiger partial charge is 0.483 e. The fraction of sp³-hybridized carbons (Fsp3) is 0.263. The van der Waals surface area contributed by atoms with Gasteiger partial charge in [-0.15, -0.1) is 0 Å². The number of hydrogen-bond acceptors (Lipinski definition) is 3. The molecular weight excluding hydrogens is 490 g/mol. The molecule has 0 saturated heterocycles. The molecule has 0 saturated carbocycles. The fourth-order valence-corrected chi connectivity index (χ4v) is 3.71. The second-order valence-corrected chi connectivity index (χ2v) is 8.05. The predicted octanol–water partition coefficient (Wildman–Crippen LogP) is 4.95. The molecule has 2 aromatic carbocycles. The summed E-state index contributed by atoms with van der Waals surface area (Å²) in [7, 11) is 1.51. The molecule has 9 heteroatoms. The van der Waals surface area contributed by atoms with E-state index in [9.17, 15) is 9.59 Å². The van der Waals surface area contributed by atoms with Gasteiger partial charge in [-0.25, -0.2) is 0 Å². The molecule has 0 aliphatic carbocycles. The van der Waals surface area contributed by atoms with Crippen molar-refractivity contribution in [2.45, 2.75) is 19.5 Å². The maximum absolute atomic E-state index is 12.8. The van der Waals surface area contributed by atoms with E-state index in [4.69, 9.17) is 39.5 Å². The number of rotatable bonds is 7. The number of halogens is 4. The van der Waals surface area contributed by atoms with Gasteiger partial charge < -0.3 is 15.0 Å². The number of benzene rings is 2. The Morgan fingerprint density at radius 3 is 2.39 bits per heavy atom. The van der Waals surface area contributed by atoms with Crippen LogP contribution in [0, 0.1) is 0 Å². The zero-order valence-corrected chi connectivity index (χ0v) is 19.0. The monoisotopic (exact) mass is 506 g/mol. The van der Waals surface area contributed by atoms with Crippen LogP contribution in [0.15, 0.2) is 40.9 Å². The van der Waals surface area contributed by atoms with E-state index in [0.717, 1.165) is 0 Å². The van der Waals surface area contributed by atoms with Crippen LogP contribution in [0.2, 0.25) is 15.1 Å². The van der Waals surface area contributed by atoms with E-state index in [-0.39, 0.29) is 25.0 Å². The molecule has 0 unspecified atom stereocenters. The third-order valence-electron chi connectivity index (χ3n) is 4.01. The zero-order valence-electron chi connectivity index (χ0n) is 15.1. The summed E-state index contributed by atoms with van der Waals surface area (Å²) in [4.78, 5) is 26.4. The lowest BCUT2D eigenvalue weighted by atomic mass is 10.1. The maximum Gasteiger partial charge on any atom is 0.261 e. The number of ether oxygens (including phenoxy) is 1. The Morgan fingerprint density at radius 1 is 1.14 bits per heavy atom. The number of amides is 2. The van der Waals surface area contributed by atoms with Gasteiger partial charge in [0, 0.05) is 28.7 Å². The molecule has 2 aromatic rings. The predicted molar refractivity (Wildman–Crippen MR) is 115 cm³/mol. The Morgan fingerprint density at radius 2 is 1.79 bits per heavy atom. The molecule has 0 bridgehead atoms. The first-order chi connectivity index (χ1) is 13.2. The van der Waals surface area contributed by atoms with E-state index in [2.05, 4.69) is 21.2 Å². The van der Waals surface area contributed by atoms with Gasteiger partial charge in [-0.1, -0.05) is 40.9 Å². The number of hydrogen-bond donors (Lipinski definition) is 1. The van der Waals surface area contributed by atoms with Gasteiger partial charge >= 0.3 is 0 Å². The highest BCUT2D eigenvalue weighted by molar-refractivity contribution is 9.10. The standard InChI is InChI=1S/C19H18BrCl3N2O3/c1-11(19(27)24-2)25(9-12-3-4-14(22)8-16(12)23)18(26)10-28-17-6-5-13(21)7-15(17)20/h3-8,11H,9-10H2,1-2H3,(H,24,27)/t11-/m0/s1. The summed E-state index contributed by atoms with van der Waals surface area (Å²) in [6, 6.07) is 9.25. The number of carbonyl (C=O) groups is 2. The van der Waals surface area contributed by atoms with Crippen LogP contribution in [-0.4, -0.2) is 36.4 Å². The molecule has 5 nitrogen and oxygen atoms in total. The summed E-state index contributed by atoms with van der Waals surface area (Å²) in [6.45, 7) is 1.51. The Balaban J connectivity index is 2.19. The highest BCUT2D eigenvalue weighted by atomic mass is 79.9. The zero-order chi connectivity index (χ0) is 20.8. The smallest absolute Gasteiger partial charge is 0.261 e. The highest BCUT2D eigenvalue weighted by Crippen LogP contribution is 2.28. The second kappa shape index (κ2) is 10.3. The van der Waals surface area contributed by atoms with E-state index >= 15 is 0 Å². The van der Waals surface area contributed by atoms with Gasteiger partial charge in [0.05, 0.1) is 4.47 Å². The average Bonchev–Trinajstić information content (AvgIpc) is 2.65. The summed E-state index contributed by atoms with van der Waals surface area (Å²) < 4.78 is 6.23. The van der Waals surface area contributed by atoms with Crippen molar-refractivity contribution in [1.82, 2.24) is 10.2 Å². The fourth-order valence-electron chi connectivity index (χ4n) is 2.44. The topological polar surface area (TPSA) is 58.6 Å². The van der Waals surface area contributed by atoms with Gasteiger partial charge in [0.15, 0.2) is 6.61 Å². The van der Waals surface area contributed by atoms with Crippen molar-refractivity contribution < 1.29 is 14.3 Å². The first-order valence-corrected chi connectivity index (χ1v) is 10.2. The lowest BCUT2D eigenvalue weighted by molar-refractivity contribution is -0.142. The quantitative estimate of drug-likeness (QED) is 0.576. The van der Waals surface area contributed by atoms with Gasteiger partial charge in [-0.3, -0.25) is 9.59 Å². The van der Waals surface area contributed by atoms with Gasteiger partial charge in [-0.05, 0) is 58.7 Å². The SMILES string of the molecule is CNC(=O)[C@H](C)N(Cc1ccc(Cl)cc1Cl)C(=O)COc1ccc(Cl)cc1Br. The molecule has 0 aliphatic heterocycles. The summed E-state index contributed by atoms with van der Waals surface area (Å²) in [6.07, 6.45) is 0. The van der Waals surface area contributed by atoms with Crippen LogP contribution in [0.4, 0.5) is 0 Å². The highest BCUT2D eigenvalue weighted by Gasteiger charge is 2.26. The van der Waals surface area contributed by atoms with Crippen LogP contribution in [0.3, 0.4) is 0 Å². The third-order valence-corrected chi connectivity index (χ3v) is 5.46. The molecular formula is C19H18BrCl3N2O3. The first-order valence-electron chi connectivity index (χ1n) is 8.25. The van der Waals surface area contributed by atoms with Crippen LogP contribution in [0.5, 0.6) is 5.75 Å². The van der Waals surface area contributed by atoms with Gasteiger partial charge in [-0.2, -0.15) is 0 Å². The van der Waals surface area contributed by atoms with E-state index in [1.54, 1.807) is 43.3 Å². The molecule has 0 fully saturated rings. The number of carbonyl (C=O) groups excluding carboxylic acids is 2. The lowest BCUT2D eigenvalue weighted by Gasteiger charge is -2.28. The van der Waals surface area contributed by atoms with E-state index in [0.29, 0.717) is 30.9 Å². The summed E-state index contributed by atoms with van der Waals surface area (Å²) in [5.41, 5.74) is 0.669. The molecule has 2 rings (SSSR count). The molecule has 0 radical (unpaired) electrons. The van der Waals surface area contributed by atoms with E-state index in [1.807, 2.05) is 0 Å². The molecule has 0 spiro atoms. The molecule has 0 aliphatic rings. The lowest BCUT2D eigenvalue weighted by Crippen LogP contribution is -2.48. The van der Waals surface area contributed by atoms with Crippen molar-refractivity contribution >= 4 is 62.5 Å². The van der Waals surface area contributed by atoms with Crippen molar-refractivity contribution in [3.8, 4) is 5.75 Å². The second-order valence-electron chi connectivity index (χ2n) is 5.91. The third kappa shape index (κ3) is 6.01. The Bertz CT molecular complexity index is 879. The van der Waals surface area contributed by atoms with Gasteiger partial charge in [0.1, 0.15) is 11.8 Å². The number of likely N-dealkylation sites (N-methyl/N-ethyl adjacent to an activating group) is 1. The molecule has 0 heterocycles. The van der Waals surface area contributed by atoms with Crippen molar-refractivity contribution in [2.24, 2.45) is 0 Å². The van der Waals surface area contributed by atoms with Crippen molar-refractivity contribution in [3.63, 3.8) is 0 Å². The van der Waals surface area contributed by atoms with Crippen LogP contribution in [0.25, 0.3) is 0 Å². The van der Waals surface area contributed by atoms with Crippen LogP contribution < -0.4 is 10.1 Å². The van der Waals surface area contributed by atoms with Crippen molar-refractivity contribution in [3.05, 3.63) is 61.5 Å². The summed E-state index contributed by atoms with van der Waals surface area (Å²) in [5, 5.41) is 3.99. The minimum absolute atomic E-state index is 0.134. The maximum atomic E-state index is 12.8. The van der Waals surface area contributed by atoms with Crippen LogP contribution in [0.1, 0.15) is 12.5 Å². The minimum Gasteiger partial charge on any atom is -0.483 e. The van der Waals surface area contributed by atoms with Crippen molar-refractivity contribution in [1.29, 1.82) is 0 Å². The van der Waals surface area contributed by atoms with E-state index in [1.165, 1.54) is 11.9 Å². The summed E-state index contributed by atoms with van der Waals surface area (Å²) >= 11 is 21.4.